The largest absolute Gasteiger partial charge is 0.344 e. The third kappa shape index (κ3) is 3.64. The molecule has 0 unspecified atom stereocenters. The van der Waals surface area contributed by atoms with Crippen LogP contribution in [0, 0.1) is 17.6 Å². The van der Waals surface area contributed by atoms with E-state index in [4.69, 9.17) is 0 Å². The number of halogens is 3. The fourth-order valence-electron chi connectivity index (χ4n) is 4.71. The molecule has 0 amide bonds. The van der Waals surface area contributed by atoms with Crippen LogP contribution in [0.3, 0.4) is 0 Å². The predicted octanol–water partition coefficient (Wildman–Crippen LogP) is 3.61. The second-order valence-corrected chi connectivity index (χ2v) is 8.81. The first-order valence-corrected chi connectivity index (χ1v) is 11.0. The second-order valence-electron chi connectivity index (χ2n) is 8.81. The highest BCUT2D eigenvalue weighted by molar-refractivity contribution is 5.91. The monoisotopic (exact) mass is 453 g/mol. The molecule has 0 spiro atoms. The molecule has 2 fully saturated rings. The molecule has 3 aromatic heterocycles. The summed E-state index contributed by atoms with van der Waals surface area (Å²) >= 11 is 0. The molecular weight excluding hydrogens is 431 g/mol. The molecule has 4 aromatic rings. The number of benzene rings is 1. The van der Waals surface area contributed by atoms with Gasteiger partial charge >= 0.3 is 0 Å². The van der Waals surface area contributed by atoms with Gasteiger partial charge in [0.1, 0.15) is 17.8 Å². The van der Waals surface area contributed by atoms with Crippen LogP contribution in [0.25, 0.3) is 22.2 Å². The third-order valence-corrected chi connectivity index (χ3v) is 6.51. The molecule has 2 N–H and O–H groups in total. The van der Waals surface area contributed by atoms with Crippen molar-refractivity contribution in [3.63, 3.8) is 0 Å². The zero-order chi connectivity index (χ0) is 22.5. The van der Waals surface area contributed by atoms with Gasteiger partial charge in [-0.3, -0.25) is 9.78 Å². The normalized spacial score (nSPS) is 21.1. The summed E-state index contributed by atoms with van der Waals surface area (Å²) in [5, 5.41) is 15.7. The molecule has 33 heavy (non-hydrogen) atoms. The molecule has 1 aromatic carbocycles. The minimum absolute atomic E-state index is 0.0398. The fourth-order valence-corrected chi connectivity index (χ4v) is 4.71. The quantitative estimate of drug-likeness (QED) is 0.483. The van der Waals surface area contributed by atoms with Crippen LogP contribution in [-0.4, -0.2) is 50.8 Å². The van der Waals surface area contributed by atoms with Gasteiger partial charge in [-0.25, -0.2) is 18.2 Å². The summed E-state index contributed by atoms with van der Waals surface area (Å²) in [6.07, 6.45) is 4.40. The molecule has 0 aliphatic carbocycles. The molecule has 2 aliphatic rings. The van der Waals surface area contributed by atoms with Crippen LogP contribution in [0.1, 0.15) is 18.0 Å². The van der Waals surface area contributed by atoms with Crippen LogP contribution in [0.4, 0.5) is 19.0 Å². The Morgan fingerprint density at radius 2 is 1.97 bits per heavy atom. The summed E-state index contributed by atoms with van der Waals surface area (Å²) in [7, 11) is 0. The van der Waals surface area contributed by atoms with Crippen molar-refractivity contribution in [2.45, 2.75) is 25.2 Å². The Kier molecular flexibility index (Phi) is 4.83. The highest BCUT2D eigenvalue weighted by Crippen LogP contribution is 2.40. The van der Waals surface area contributed by atoms with E-state index in [1.165, 1.54) is 0 Å². The highest BCUT2D eigenvalue weighted by atomic mass is 19.1. The Morgan fingerprint density at radius 3 is 2.79 bits per heavy atom. The zero-order valence-corrected chi connectivity index (χ0v) is 17.7. The van der Waals surface area contributed by atoms with Gasteiger partial charge in [-0.1, -0.05) is 0 Å². The van der Waals surface area contributed by atoms with Crippen molar-refractivity contribution in [1.82, 2.24) is 30.3 Å². The van der Waals surface area contributed by atoms with Crippen molar-refractivity contribution in [3.05, 3.63) is 60.1 Å². The topological polar surface area (TPSA) is 74.7 Å². The predicted molar refractivity (Wildman–Crippen MR) is 117 cm³/mol. The number of alkyl halides is 1. The molecule has 2 atom stereocenters. The van der Waals surface area contributed by atoms with Crippen LogP contribution in [-0.2, 0) is 6.54 Å². The Hall–Kier alpha value is -3.40. The van der Waals surface area contributed by atoms with Crippen molar-refractivity contribution in [1.29, 1.82) is 0 Å². The van der Waals surface area contributed by atoms with Gasteiger partial charge in [0.15, 0.2) is 11.5 Å². The lowest BCUT2D eigenvalue weighted by Crippen LogP contribution is -2.44. The minimum Gasteiger partial charge on any atom is -0.344 e. The molecule has 2 aliphatic heterocycles. The van der Waals surface area contributed by atoms with E-state index in [9.17, 15) is 13.2 Å². The van der Waals surface area contributed by atoms with Gasteiger partial charge in [0.2, 0.25) is 0 Å². The van der Waals surface area contributed by atoms with Crippen LogP contribution in [0.5, 0.6) is 0 Å². The molecule has 170 valence electrons. The average Bonchev–Trinajstić information content (AvgIpc) is 3.50. The van der Waals surface area contributed by atoms with E-state index in [0.717, 1.165) is 49.0 Å². The summed E-state index contributed by atoms with van der Waals surface area (Å²) in [6, 6.07) is 4.54. The van der Waals surface area contributed by atoms with Gasteiger partial charge in [-0.05, 0) is 24.3 Å². The maximum atomic E-state index is 14.5. The van der Waals surface area contributed by atoms with Crippen molar-refractivity contribution >= 4 is 16.9 Å². The van der Waals surface area contributed by atoms with E-state index in [2.05, 4.69) is 25.6 Å². The zero-order valence-electron chi connectivity index (χ0n) is 17.7. The summed E-state index contributed by atoms with van der Waals surface area (Å²) in [4.78, 5) is 6.17. The molecule has 0 saturated carbocycles. The summed E-state index contributed by atoms with van der Waals surface area (Å²) in [6.45, 7) is 2.89. The number of nitrogens with one attached hydrogen (secondary N) is 2. The first kappa shape index (κ1) is 20.2. The molecule has 0 bridgehead atoms. The summed E-state index contributed by atoms with van der Waals surface area (Å²) in [5.41, 5.74) is 2.44. The number of hydrogen-bond acceptors (Lipinski definition) is 5. The number of H-pyrrole nitrogens is 1. The summed E-state index contributed by atoms with van der Waals surface area (Å²) in [5.74, 6) is -0.0590. The number of rotatable bonds is 5. The molecule has 10 heteroatoms. The maximum Gasteiger partial charge on any atom is 0.160 e. The van der Waals surface area contributed by atoms with E-state index in [-0.39, 0.29) is 18.5 Å². The molecule has 5 heterocycles. The number of aromatic nitrogens is 5. The summed E-state index contributed by atoms with van der Waals surface area (Å²) < 4.78 is 44.8. The number of fused-ring (bicyclic) bond motifs is 1. The maximum absolute atomic E-state index is 14.5. The van der Waals surface area contributed by atoms with E-state index in [1.54, 1.807) is 17.3 Å². The van der Waals surface area contributed by atoms with E-state index in [0.29, 0.717) is 22.8 Å². The lowest BCUT2D eigenvalue weighted by Gasteiger charge is -2.26. The van der Waals surface area contributed by atoms with Crippen molar-refractivity contribution in [2.75, 3.05) is 24.5 Å². The van der Waals surface area contributed by atoms with Gasteiger partial charge in [-0.15, -0.1) is 0 Å². The Labute approximate surface area is 187 Å². The average molecular weight is 453 g/mol. The van der Waals surface area contributed by atoms with Crippen LogP contribution in [0.15, 0.2) is 42.9 Å². The van der Waals surface area contributed by atoms with Gasteiger partial charge < -0.3 is 10.2 Å². The van der Waals surface area contributed by atoms with Gasteiger partial charge in [-0.2, -0.15) is 10.2 Å². The lowest BCUT2D eigenvalue weighted by atomic mass is 10.0. The molecule has 7 nitrogen and oxygen atoms in total. The number of pyridine rings is 1. The van der Waals surface area contributed by atoms with Crippen LogP contribution < -0.4 is 10.2 Å². The van der Waals surface area contributed by atoms with Gasteiger partial charge in [0, 0.05) is 61.1 Å². The van der Waals surface area contributed by atoms with Gasteiger partial charge in [0.25, 0.3) is 0 Å². The SMILES string of the molecule is Fc1ccc(F)c([C@H]2C[C@H](F)CN2c2n[nH]c3ncc(-c4cnn(CC5CNC5)c4)cc23)c1. The highest BCUT2D eigenvalue weighted by Gasteiger charge is 2.37. The number of hydrogen-bond donors (Lipinski definition) is 2. The van der Waals surface area contributed by atoms with Crippen molar-refractivity contribution < 1.29 is 13.2 Å². The second kappa shape index (κ2) is 7.87. The fraction of sp³-hybridized carbons (Fsp3) is 0.348. The first-order valence-electron chi connectivity index (χ1n) is 11.0. The van der Waals surface area contributed by atoms with Crippen molar-refractivity contribution in [3.8, 4) is 11.1 Å². The lowest BCUT2D eigenvalue weighted by molar-refractivity contribution is 0.295. The van der Waals surface area contributed by atoms with E-state index < -0.39 is 23.8 Å². The third-order valence-electron chi connectivity index (χ3n) is 6.51. The molecule has 0 radical (unpaired) electrons. The number of aromatic amines is 1. The molecule has 2 saturated heterocycles. The Morgan fingerprint density at radius 1 is 1.09 bits per heavy atom. The van der Waals surface area contributed by atoms with Gasteiger partial charge in [0.05, 0.1) is 24.2 Å². The standard InChI is InChI=1S/C23H22F3N7/c24-16-1-2-20(26)18(4-16)21-5-17(25)12-33(21)23-19-3-14(8-28-22(19)30-31-23)15-9-29-32(11-15)10-13-6-27-7-13/h1-4,8-9,11,13,17,21,27H,5-7,10,12H2,(H,28,30,31)/t17-,21+/m0/s1. The molecule has 6 rings (SSSR count). The van der Waals surface area contributed by atoms with E-state index in [1.807, 2.05) is 16.9 Å². The van der Waals surface area contributed by atoms with E-state index >= 15 is 0 Å². The van der Waals surface area contributed by atoms with Crippen LogP contribution >= 0.6 is 0 Å². The molecular formula is C23H22F3N7. The smallest absolute Gasteiger partial charge is 0.160 e. The minimum atomic E-state index is -1.18. The first-order chi connectivity index (χ1) is 16.0. The van der Waals surface area contributed by atoms with Crippen LogP contribution in [0.2, 0.25) is 0 Å². The Bertz CT molecular complexity index is 1310. The number of anilines is 1. The van der Waals surface area contributed by atoms with Crippen molar-refractivity contribution in [2.24, 2.45) is 5.92 Å². The number of nitrogens with zero attached hydrogens (tertiary/aromatic N) is 5. The Balaban J connectivity index is 1.35.